The van der Waals surface area contributed by atoms with Crippen molar-refractivity contribution in [2.24, 2.45) is 28.1 Å². The number of aliphatic hydroxyl groups excluding tert-OH is 1. The number of fused-ring (bicyclic) bond motifs is 1. The number of hydrogen-bond acceptors (Lipinski definition) is 11. The number of alkyl halides is 3. The number of H-pyrrole nitrogens is 1. The van der Waals surface area contributed by atoms with Crippen molar-refractivity contribution in [3.05, 3.63) is 36.0 Å². The molecule has 0 bridgehead atoms. The molecule has 25 heteroatoms. The number of para-hydroxylation sites is 1. The first-order valence-corrected chi connectivity index (χ1v) is 21.7. The average molecular weight is 954 g/mol. The number of amides is 6. The molecule has 6 amide bonds. The molecule has 0 spiro atoms. The molecule has 2 fully saturated rings. The van der Waals surface area contributed by atoms with Crippen LogP contribution in [-0.2, 0) is 44.8 Å². The number of benzene rings is 1. The number of nitrogens with zero attached hydrogens (tertiary/aromatic N) is 3. The van der Waals surface area contributed by atoms with Crippen molar-refractivity contribution in [3.8, 4) is 0 Å². The second kappa shape index (κ2) is 24.9. The Morgan fingerprint density at radius 3 is 2.00 bits per heavy atom. The summed E-state index contributed by atoms with van der Waals surface area (Å²) in [5.41, 5.74) is 17.8. The van der Waals surface area contributed by atoms with Crippen molar-refractivity contribution in [1.82, 2.24) is 36.1 Å². The number of aromatic amines is 1. The van der Waals surface area contributed by atoms with E-state index < -0.39 is 102 Å². The van der Waals surface area contributed by atoms with Crippen molar-refractivity contribution in [2.45, 2.75) is 134 Å². The van der Waals surface area contributed by atoms with E-state index in [1.54, 1.807) is 6.20 Å². The quantitative estimate of drug-likeness (QED) is 0.0439. The number of carboxylic acids is 2. The van der Waals surface area contributed by atoms with Gasteiger partial charge in [-0.1, -0.05) is 32.0 Å². The Labute approximate surface area is 384 Å². The molecule has 2 aliphatic heterocycles. The summed E-state index contributed by atoms with van der Waals surface area (Å²) in [6, 6.07) is -0.571. The highest BCUT2D eigenvalue weighted by Gasteiger charge is 2.45. The minimum atomic E-state index is -5.08. The van der Waals surface area contributed by atoms with Gasteiger partial charge in [-0.05, 0) is 76.3 Å². The van der Waals surface area contributed by atoms with E-state index >= 15 is 0 Å². The third kappa shape index (κ3) is 16.1. The fourth-order valence-corrected chi connectivity index (χ4v) is 7.66. The third-order valence-electron chi connectivity index (χ3n) is 11.0. The first-order chi connectivity index (χ1) is 31.3. The van der Waals surface area contributed by atoms with Gasteiger partial charge in [-0.3, -0.25) is 33.8 Å². The van der Waals surface area contributed by atoms with Gasteiger partial charge in [0.2, 0.25) is 35.4 Å². The minimum Gasteiger partial charge on any atom is -0.480 e. The molecule has 14 N–H and O–H groups in total. The molecular formula is C42H62F3N11O11. The van der Waals surface area contributed by atoms with Crippen molar-refractivity contribution in [3.63, 3.8) is 0 Å². The van der Waals surface area contributed by atoms with Gasteiger partial charge in [0.25, 0.3) is 0 Å². The number of aliphatic hydroxyl groups is 1. The number of nitrogens with two attached hydrogens (primary N) is 3. The molecule has 0 radical (unpaired) electrons. The number of carbonyl (C=O) groups is 8. The van der Waals surface area contributed by atoms with Crippen LogP contribution in [-0.4, -0.2) is 158 Å². The van der Waals surface area contributed by atoms with Gasteiger partial charge in [-0.25, -0.2) is 9.59 Å². The zero-order chi connectivity index (χ0) is 50.3. The lowest BCUT2D eigenvalue weighted by molar-refractivity contribution is -0.192. The van der Waals surface area contributed by atoms with Crippen LogP contribution in [0.5, 0.6) is 0 Å². The van der Waals surface area contributed by atoms with Crippen molar-refractivity contribution >= 4 is 64.2 Å². The van der Waals surface area contributed by atoms with Crippen LogP contribution in [0.3, 0.4) is 0 Å². The highest BCUT2D eigenvalue weighted by Crippen LogP contribution is 2.27. The molecule has 2 aliphatic rings. The van der Waals surface area contributed by atoms with Crippen LogP contribution in [0.25, 0.3) is 10.9 Å². The van der Waals surface area contributed by atoms with Crippen LogP contribution < -0.4 is 38.5 Å². The highest BCUT2D eigenvalue weighted by molar-refractivity contribution is 5.98. The Kier molecular flexibility index (Phi) is 20.3. The van der Waals surface area contributed by atoms with Crippen LogP contribution in [0, 0.1) is 5.92 Å². The minimum absolute atomic E-state index is 0.0276. The zero-order valence-electron chi connectivity index (χ0n) is 37.7. The van der Waals surface area contributed by atoms with Gasteiger partial charge >= 0.3 is 18.1 Å². The molecule has 2 saturated heterocycles. The van der Waals surface area contributed by atoms with E-state index in [1.807, 2.05) is 38.1 Å². The molecule has 2 aromatic rings. The van der Waals surface area contributed by atoms with Gasteiger partial charge in [-0.2, -0.15) is 13.2 Å². The molecular weight excluding hydrogens is 892 g/mol. The molecule has 0 saturated carbocycles. The van der Waals surface area contributed by atoms with Crippen LogP contribution in [0.1, 0.15) is 78.2 Å². The Bertz CT molecular complexity index is 2110. The number of likely N-dealkylation sites (tertiary alicyclic amines) is 2. The van der Waals surface area contributed by atoms with E-state index in [-0.39, 0.29) is 50.8 Å². The number of guanidine groups is 1. The summed E-state index contributed by atoms with van der Waals surface area (Å²) < 4.78 is 31.7. The SMILES string of the molecule is CC(C)C[C@H](NC(=O)[C@H](Cc1c[nH]c2ccccc12)NC(=O)[C@@H](NC(=O)[C@H](C)N)[C@@H](C)O)C(=O)N1CCC[C@H]1C(=O)N1CCC[C@H]1C(=O)N[C@@H](CCCN=C(N)N)C(=O)O.O=C(O)C(F)(F)F. The molecule has 4 rings (SSSR count). The Morgan fingerprint density at radius 1 is 0.836 bits per heavy atom. The number of carbonyl (C=O) groups excluding carboxylic acids is 6. The number of aromatic nitrogens is 1. The van der Waals surface area contributed by atoms with E-state index in [4.69, 9.17) is 27.1 Å². The summed E-state index contributed by atoms with van der Waals surface area (Å²) in [6.07, 6.45) is -2.62. The van der Waals surface area contributed by atoms with Crippen LogP contribution in [0.4, 0.5) is 13.2 Å². The number of hydrogen-bond donors (Lipinski definition) is 11. The van der Waals surface area contributed by atoms with Crippen molar-refractivity contribution in [1.29, 1.82) is 0 Å². The molecule has 0 aliphatic carbocycles. The van der Waals surface area contributed by atoms with E-state index in [9.17, 15) is 56.9 Å². The Hall–Kier alpha value is -6.50. The Morgan fingerprint density at radius 2 is 1.43 bits per heavy atom. The zero-order valence-corrected chi connectivity index (χ0v) is 37.7. The first-order valence-electron chi connectivity index (χ1n) is 21.7. The molecule has 8 atom stereocenters. The van der Waals surface area contributed by atoms with E-state index in [2.05, 4.69) is 31.2 Å². The molecule has 3 heterocycles. The van der Waals surface area contributed by atoms with Gasteiger partial charge in [-0.15, -0.1) is 0 Å². The second-order valence-corrected chi connectivity index (χ2v) is 16.9. The molecule has 0 unspecified atom stereocenters. The van der Waals surface area contributed by atoms with E-state index in [0.29, 0.717) is 37.7 Å². The lowest BCUT2D eigenvalue weighted by Crippen LogP contribution is -2.61. The number of aliphatic carboxylic acids is 2. The predicted molar refractivity (Wildman–Crippen MR) is 235 cm³/mol. The summed E-state index contributed by atoms with van der Waals surface area (Å²) in [4.78, 5) is 113. The number of rotatable bonds is 20. The number of aliphatic imine (C=N–C) groups is 1. The maximum absolute atomic E-state index is 14.5. The predicted octanol–water partition coefficient (Wildman–Crippen LogP) is -0.823. The standard InChI is InChI=1S/C40H61N11O9.C2HF3O2/c1-21(2)18-29(48-34(54)28(19-24-20-45-26-11-6-5-10-25(24)26)47-36(56)32(23(4)52)49-33(53)22(3)41)37(57)51-17-9-14-31(51)38(58)50-16-8-13-30(50)35(55)46-27(39(59)60)12-7-15-44-40(42)43;3-2(4,5)1(6)7/h5-6,10-11,20-23,27-32,45,52H,7-9,12-19,41H2,1-4H3,(H,46,55)(H,47,56)(H,48,54)(H,49,53)(H,59,60)(H4,42,43,44);(H,6,7)/t22-,23+,27-,28-,29-,30-,31-,32-;/m0./s1. The lowest BCUT2D eigenvalue weighted by Gasteiger charge is -2.34. The maximum atomic E-state index is 14.5. The van der Waals surface area contributed by atoms with Crippen LogP contribution in [0.15, 0.2) is 35.5 Å². The summed E-state index contributed by atoms with van der Waals surface area (Å²) in [5.74, 6) is -8.05. The highest BCUT2D eigenvalue weighted by atomic mass is 19.4. The van der Waals surface area contributed by atoms with E-state index in [0.717, 1.165) is 10.9 Å². The largest absolute Gasteiger partial charge is 0.490 e. The summed E-state index contributed by atoms with van der Waals surface area (Å²) in [7, 11) is 0. The molecule has 67 heavy (non-hydrogen) atoms. The van der Waals surface area contributed by atoms with Crippen LogP contribution in [0.2, 0.25) is 0 Å². The van der Waals surface area contributed by atoms with Gasteiger partial charge in [0.15, 0.2) is 5.96 Å². The number of carboxylic acid groups (broad SMARTS) is 2. The van der Waals surface area contributed by atoms with Crippen molar-refractivity contribution < 1.29 is 66.8 Å². The summed E-state index contributed by atoms with van der Waals surface area (Å²) >= 11 is 0. The van der Waals surface area contributed by atoms with Crippen molar-refractivity contribution in [2.75, 3.05) is 19.6 Å². The molecule has 1 aromatic carbocycles. The smallest absolute Gasteiger partial charge is 0.480 e. The van der Waals surface area contributed by atoms with Gasteiger partial charge in [0, 0.05) is 43.2 Å². The van der Waals surface area contributed by atoms with Gasteiger partial charge in [0.05, 0.1) is 12.1 Å². The van der Waals surface area contributed by atoms with Gasteiger partial charge in [0.1, 0.15) is 36.3 Å². The monoisotopic (exact) mass is 953 g/mol. The van der Waals surface area contributed by atoms with E-state index in [1.165, 1.54) is 23.6 Å². The second-order valence-electron chi connectivity index (χ2n) is 16.9. The fraction of sp³-hybridized carbons (Fsp3) is 0.595. The molecule has 22 nitrogen and oxygen atoms in total. The third-order valence-corrected chi connectivity index (χ3v) is 11.0. The fourth-order valence-electron chi connectivity index (χ4n) is 7.66. The average Bonchev–Trinajstić information content (AvgIpc) is 4.03. The first kappa shape index (κ1) is 54.8. The normalized spacial score (nSPS) is 18.6. The number of nitrogens with one attached hydrogen (secondary N) is 5. The lowest BCUT2D eigenvalue weighted by atomic mass is 9.99. The maximum Gasteiger partial charge on any atom is 0.490 e. The molecule has 1 aromatic heterocycles. The summed E-state index contributed by atoms with van der Waals surface area (Å²) in [6.45, 7) is 7.10. The van der Waals surface area contributed by atoms with Gasteiger partial charge < -0.3 is 68.6 Å². The summed E-state index contributed by atoms with van der Waals surface area (Å²) in [5, 5.41) is 38.6. The molecule has 372 valence electrons. The Balaban J connectivity index is 0.00000157. The van der Waals surface area contributed by atoms with Crippen LogP contribution >= 0.6 is 0 Å². The topological polar surface area (TPSA) is 358 Å². The number of halogens is 3.